The molecule has 1 aromatic rings. The SMILES string of the molecule is C=C(C)C(=O)OCCC(CC(=O)O)C(=O)On1c(O)ccc1O. The number of carbonyl (C=O) groups excluding carboxylic acids is 2. The lowest BCUT2D eigenvalue weighted by atomic mass is 10.0. The van der Waals surface area contributed by atoms with Crippen LogP contribution >= 0.6 is 0 Å². The van der Waals surface area contributed by atoms with Crippen LogP contribution in [0.25, 0.3) is 0 Å². The summed E-state index contributed by atoms with van der Waals surface area (Å²) in [6.07, 6.45) is -0.667. The predicted octanol–water partition coefficient (Wildman–Crippen LogP) is 0.455. The summed E-state index contributed by atoms with van der Waals surface area (Å²) < 4.78 is 5.26. The number of ether oxygens (including phenoxy) is 1. The molecule has 0 aromatic carbocycles. The zero-order chi connectivity index (χ0) is 17.6. The fourth-order valence-corrected chi connectivity index (χ4v) is 1.59. The first-order valence-corrected chi connectivity index (χ1v) is 6.58. The van der Waals surface area contributed by atoms with Gasteiger partial charge in [0.25, 0.3) is 0 Å². The van der Waals surface area contributed by atoms with Crippen LogP contribution < -0.4 is 4.84 Å². The Bertz CT molecular complexity index is 599. The van der Waals surface area contributed by atoms with Gasteiger partial charge in [-0.3, -0.25) is 4.79 Å². The minimum atomic E-state index is -1.25. The summed E-state index contributed by atoms with van der Waals surface area (Å²) in [5, 5.41) is 27.6. The van der Waals surface area contributed by atoms with E-state index in [4.69, 9.17) is 14.7 Å². The third-order valence-electron chi connectivity index (χ3n) is 2.78. The number of esters is 1. The molecule has 0 aliphatic carbocycles. The standard InChI is InChI=1S/C14H17NO8/c1-8(2)13(20)22-6-5-9(7-12(18)19)14(21)23-15-10(16)3-4-11(15)17/h3-4,9,16-17H,1,5-7H2,2H3,(H,18,19). The lowest BCUT2D eigenvalue weighted by Gasteiger charge is -2.14. The summed E-state index contributed by atoms with van der Waals surface area (Å²) in [4.78, 5) is 38.8. The first kappa shape index (κ1) is 18.1. The van der Waals surface area contributed by atoms with Gasteiger partial charge in [0, 0.05) is 17.7 Å². The normalized spacial score (nSPS) is 11.5. The largest absolute Gasteiger partial charge is 0.492 e. The number of rotatable bonds is 8. The number of hydrogen-bond acceptors (Lipinski definition) is 7. The summed E-state index contributed by atoms with van der Waals surface area (Å²) in [5.74, 6) is -5.10. The van der Waals surface area contributed by atoms with Crippen molar-refractivity contribution in [1.29, 1.82) is 0 Å². The number of carboxylic acids is 1. The molecule has 0 radical (unpaired) electrons. The molecule has 0 fully saturated rings. The van der Waals surface area contributed by atoms with Gasteiger partial charge in [0.05, 0.1) is 18.9 Å². The molecule has 1 rings (SSSR count). The molecular formula is C14H17NO8. The van der Waals surface area contributed by atoms with Gasteiger partial charge in [-0.15, -0.1) is 4.73 Å². The lowest BCUT2D eigenvalue weighted by Crippen LogP contribution is -2.29. The van der Waals surface area contributed by atoms with Gasteiger partial charge in [-0.2, -0.15) is 0 Å². The molecule has 0 saturated carbocycles. The number of nitrogens with zero attached hydrogens (tertiary/aromatic N) is 1. The predicted molar refractivity (Wildman–Crippen MR) is 75.5 cm³/mol. The third kappa shape index (κ3) is 5.38. The number of hydrogen-bond donors (Lipinski definition) is 3. The smallest absolute Gasteiger partial charge is 0.336 e. The number of carbonyl (C=O) groups is 3. The average Bonchev–Trinajstić information content (AvgIpc) is 2.77. The second kappa shape index (κ2) is 7.87. The van der Waals surface area contributed by atoms with Crippen LogP contribution in [0.2, 0.25) is 0 Å². The van der Waals surface area contributed by atoms with E-state index in [0.29, 0.717) is 4.73 Å². The number of aliphatic carboxylic acids is 1. The first-order chi connectivity index (χ1) is 10.7. The van der Waals surface area contributed by atoms with E-state index in [0.717, 1.165) is 12.1 Å². The van der Waals surface area contributed by atoms with E-state index in [1.54, 1.807) is 0 Å². The molecule has 3 N–H and O–H groups in total. The van der Waals surface area contributed by atoms with Crippen molar-refractivity contribution in [3.8, 4) is 11.8 Å². The molecular weight excluding hydrogens is 310 g/mol. The van der Waals surface area contributed by atoms with Crippen LogP contribution in [-0.2, 0) is 19.1 Å². The minimum absolute atomic E-state index is 0.104. The Kier molecular flexibility index (Phi) is 6.19. The Hall–Kier alpha value is -2.97. The Labute approximate surface area is 131 Å². The fraction of sp³-hybridized carbons (Fsp3) is 0.357. The second-order valence-corrected chi connectivity index (χ2v) is 4.75. The molecule has 126 valence electrons. The molecule has 9 heteroatoms. The molecule has 9 nitrogen and oxygen atoms in total. The van der Waals surface area contributed by atoms with Crippen LogP contribution in [0.3, 0.4) is 0 Å². The van der Waals surface area contributed by atoms with E-state index < -0.39 is 42.0 Å². The van der Waals surface area contributed by atoms with Crippen LogP contribution in [-0.4, -0.2) is 44.6 Å². The average molecular weight is 327 g/mol. The summed E-state index contributed by atoms with van der Waals surface area (Å²) in [7, 11) is 0. The Morgan fingerprint density at radius 2 is 1.83 bits per heavy atom. The Balaban J connectivity index is 2.69. The highest BCUT2D eigenvalue weighted by molar-refractivity contribution is 5.87. The van der Waals surface area contributed by atoms with E-state index in [2.05, 4.69) is 6.58 Å². The summed E-state index contributed by atoms with van der Waals surface area (Å²) in [5.41, 5.74) is 0.171. The molecule has 1 aromatic heterocycles. The van der Waals surface area contributed by atoms with Crippen molar-refractivity contribution in [1.82, 2.24) is 4.73 Å². The fourth-order valence-electron chi connectivity index (χ4n) is 1.59. The topological polar surface area (TPSA) is 135 Å². The van der Waals surface area contributed by atoms with Crippen LogP contribution in [0, 0.1) is 5.92 Å². The van der Waals surface area contributed by atoms with Gasteiger partial charge in [0.1, 0.15) is 0 Å². The molecule has 0 saturated heterocycles. The van der Waals surface area contributed by atoms with Gasteiger partial charge in [-0.1, -0.05) is 6.58 Å². The van der Waals surface area contributed by atoms with Crippen molar-refractivity contribution in [2.45, 2.75) is 19.8 Å². The maximum absolute atomic E-state index is 12.0. The molecule has 0 aliphatic heterocycles. The molecule has 0 amide bonds. The van der Waals surface area contributed by atoms with Gasteiger partial charge < -0.3 is 24.9 Å². The molecule has 0 spiro atoms. The molecule has 23 heavy (non-hydrogen) atoms. The Morgan fingerprint density at radius 1 is 1.26 bits per heavy atom. The molecule has 1 heterocycles. The van der Waals surface area contributed by atoms with E-state index in [1.165, 1.54) is 6.92 Å². The van der Waals surface area contributed by atoms with Crippen LogP contribution in [0.5, 0.6) is 11.8 Å². The number of aromatic nitrogens is 1. The van der Waals surface area contributed by atoms with Crippen molar-refractivity contribution in [3.05, 3.63) is 24.3 Å². The Morgan fingerprint density at radius 3 is 2.30 bits per heavy atom. The van der Waals surface area contributed by atoms with Crippen molar-refractivity contribution >= 4 is 17.9 Å². The summed E-state index contributed by atoms with van der Waals surface area (Å²) in [6, 6.07) is 2.17. The highest BCUT2D eigenvalue weighted by atomic mass is 16.7. The monoisotopic (exact) mass is 327 g/mol. The van der Waals surface area contributed by atoms with Crippen LogP contribution in [0.15, 0.2) is 24.3 Å². The number of aromatic hydroxyl groups is 2. The molecule has 1 atom stereocenters. The maximum atomic E-state index is 12.0. The van der Waals surface area contributed by atoms with Crippen LogP contribution in [0.1, 0.15) is 19.8 Å². The molecule has 0 aliphatic rings. The van der Waals surface area contributed by atoms with E-state index in [9.17, 15) is 24.6 Å². The first-order valence-electron chi connectivity index (χ1n) is 6.58. The van der Waals surface area contributed by atoms with Gasteiger partial charge >= 0.3 is 17.9 Å². The number of carboxylic acid groups (broad SMARTS) is 1. The van der Waals surface area contributed by atoms with Gasteiger partial charge in [-0.25, -0.2) is 9.59 Å². The van der Waals surface area contributed by atoms with Crippen molar-refractivity contribution in [2.24, 2.45) is 5.92 Å². The zero-order valence-electron chi connectivity index (χ0n) is 12.4. The van der Waals surface area contributed by atoms with E-state index >= 15 is 0 Å². The second-order valence-electron chi connectivity index (χ2n) is 4.75. The molecule has 0 bridgehead atoms. The third-order valence-corrected chi connectivity index (χ3v) is 2.78. The summed E-state index contributed by atoms with van der Waals surface area (Å²) in [6.45, 7) is 4.63. The zero-order valence-corrected chi connectivity index (χ0v) is 12.4. The van der Waals surface area contributed by atoms with Crippen molar-refractivity contribution in [2.75, 3.05) is 6.61 Å². The van der Waals surface area contributed by atoms with E-state index in [-0.39, 0.29) is 18.6 Å². The highest BCUT2D eigenvalue weighted by Gasteiger charge is 2.26. The lowest BCUT2D eigenvalue weighted by molar-refractivity contribution is -0.156. The van der Waals surface area contributed by atoms with Gasteiger partial charge in [-0.05, 0) is 13.3 Å². The maximum Gasteiger partial charge on any atom is 0.336 e. The van der Waals surface area contributed by atoms with E-state index in [1.807, 2.05) is 0 Å². The van der Waals surface area contributed by atoms with Gasteiger partial charge in [0.2, 0.25) is 11.8 Å². The quantitative estimate of drug-likeness (QED) is 0.463. The van der Waals surface area contributed by atoms with Crippen LogP contribution in [0.4, 0.5) is 0 Å². The van der Waals surface area contributed by atoms with Crippen molar-refractivity contribution in [3.63, 3.8) is 0 Å². The van der Waals surface area contributed by atoms with Gasteiger partial charge in [0.15, 0.2) is 0 Å². The summed E-state index contributed by atoms with van der Waals surface area (Å²) >= 11 is 0. The molecule has 1 unspecified atom stereocenters. The highest BCUT2D eigenvalue weighted by Crippen LogP contribution is 2.20. The minimum Gasteiger partial charge on any atom is -0.492 e. The van der Waals surface area contributed by atoms with Crippen molar-refractivity contribution < 1.29 is 39.3 Å².